The lowest BCUT2D eigenvalue weighted by Crippen LogP contribution is -2.40. The van der Waals surface area contributed by atoms with Crippen molar-refractivity contribution < 1.29 is 14.7 Å². The molecule has 0 saturated heterocycles. The third kappa shape index (κ3) is 3.73. The Morgan fingerprint density at radius 2 is 2.07 bits per heavy atom. The SMILES string of the molecule is C=CC(=O)C(CC1CCCC1)NC(=O)O. The summed E-state index contributed by atoms with van der Waals surface area (Å²) in [4.78, 5) is 21.9. The molecule has 2 N–H and O–H groups in total. The number of carbonyl (C=O) groups is 2. The highest BCUT2D eigenvalue weighted by Gasteiger charge is 2.24. The summed E-state index contributed by atoms with van der Waals surface area (Å²) in [6.45, 7) is 3.38. The van der Waals surface area contributed by atoms with Gasteiger partial charge in [-0.1, -0.05) is 32.3 Å². The molecule has 84 valence electrons. The molecule has 0 heterocycles. The number of amides is 1. The number of nitrogens with one attached hydrogen (secondary N) is 1. The first-order valence-corrected chi connectivity index (χ1v) is 5.29. The first kappa shape index (κ1) is 11.8. The molecule has 1 saturated carbocycles. The number of hydrogen-bond acceptors (Lipinski definition) is 2. The molecule has 0 bridgehead atoms. The van der Waals surface area contributed by atoms with Gasteiger partial charge in [0.05, 0.1) is 6.04 Å². The lowest BCUT2D eigenvalue weighted by Gasteiger charge is -2.17. The fraction of sp³-hybridized carbons (Fsp3) is 0.636. The van der Waals surface area contributed by atoms with Gasteiger partial charge in [-0.05, 0) is 18.4 Å². The highest BCUT2D eigenvalue weighted by atomic mass is 16.4. The second kappa shape index (κ2) is 5.53. The third-order valence-electron chi connectivity index (χ3n) is 2.89. The van der Waals surface area contributed by atoms with E-state index in [0.29, 0.717) is 12.3 Å². The molecule has 1 aliphatic carbocycles. The van der Waals surface area contributed by atoms with Crippen LogP contribution in [0.15, 0.2) is 12.7 Å². The van der Waals surface area contributed by atoms with Crippen molar-refractivity contribution >= 4 is 11.9 Å². The molecule has 0 spiro atoms. The van der Waals surface area contributed by atoms with Gasteiger partial charge in [0.25, 0.3) is 0 Å². The van der Waals surface area contributed by atoms with Crippen LogP contribution in [0.4, 0.5) is 4.79 Å². The van der Waals surface area contributed by atoms with Crippen LogP contribution in [0.3, 0.4) is 0 Å². The second-order valence-corrected chi connectivity index (χ2v) is 3.99. The number of ketones is 1. The zero-order valence-electron chi connectivity index (χ0n) is 8.74. The molecule has 1 aliphatic rings. The zero-order valence-corrected chi connectivity index (χ0v) is 8.74. The first-order valence-electron chi connectivity index (χ1n) is 5.29. The predicted molar refractivity (Wildman–Crippen MR) is 56.7 cm³/mol. The quantitative estimate of drug-likeness (QED) is 0.683. The Morgan fingerprint density at radius 1 is 1.47 bits per heavy atom. The molecule has 1 amide bonds. The number of carbonyl (C=O) groups excluding carboxylic acids is 1. The smallest absolute Gasteiger partial charge is 0.405 e. The maximum absolute atomic E-state index is 11.4. The second-order valence-electron chi connectivity index (χ2n) is 3.99. The summed E-state index contributed by atoms with van der Waals surface area (Å²) in [6.07, 6.45) is 5.23. The fourth-order valence-electron chi connectivity index (χ4n) is 2.12. The summed E-state index contributed by atoms with van der Waals surface area (Å²) in [5.74, 6) is 0.245. The Hall–Kier alpha value is -1.32. The van der Waals surface area contributed by atoms with Crippen LogP contribution in [0.5, 0.6) is 0 Å². The van der Waals surface area contributed by atoms with E-state index in [1.807, 2.05) is 0 Å². The van der Waals surface area contributed by atoms with Crippen molar-refractivity contribution in [2.75, 3.05) is 0 Å². The van der Waals surface area contributed by atoms with Crippen LogP contribution in [0.1, 0.15) is 32.1 Å². The van der Waals surface area contributed by atoms with E-state index in [1.165, 1.54) is 18.9 Å². The van der Waals surface area contributed by atoms with E-state index in [9.17, 15) is 9.59 Å². The standard InChI is InChI=1S/C11H17NO3/c1-2-10(13)9(12-11(14)15)7-8-5-3-4-6-8/h2,8-9,12H,1,3-7H2,(H,14,15). The monoisotopic (exact) mass is 211 g/mol. The minimum atomic E-state index is -1.15. The van der Waals surface area contributed by atoms with E-state index >= 15 is 0 Å². The van der Waals surface area contributed by atoms with Crippen molar-refractivity contribution in [2.24, 2.45) is 5.92 Å². The molecule has 4 heteroatoms. The van der Waals surface area contributed by atoms with Crippen LogP contribution < -0.4 is 5.32 Å². The van der Waals surface area contributed by atoms with E-state index < -0.39 is 12.1 Å². The average molecular weight is 211 g/mol. The zero-order chi connectivity index (χ0) is 11.3. The normalized spacial score (nSPS) is 18.4. The van der Waals surface area contributed by atoms with Crippen LogP contribution in [0.25, 0.3) is 0 Å². The van der Waals surface area contributed by atoms with Gasteiger partial charge in [-0.15, -0.1) is 0 Å². The van der Waals surface area contributed by atoms with Crippen molar-refractivity contribution in [1.82, 2.24) is 5.32 Å². The molecule has 4 nitrogen and oxygen atoms in total. The Kier molecular flexibility index (Phi) is 4.34. The molecule has 1 rings (SSSR count). The van der Waals surface area contributed by atoms with E-state index in [0.717, 1.165) is 12.8 Å². The molecule has 0 aromatic heterocycles. The fourth-order valence-corrected chi connectivity index (χ4v) is 2.12. The highest BCUT2D eigenvalue weighted by Crippen LogP contribution is 2.28. The summed E-state index contributed by atoms with van der Waals surface area (Å²) in [5, 5.41) is 10.9. The Bertz CT molecular complexity index is 257. The molecule has 0 aromatic rings. The molecule has 0 aromatic carbocycles. The average Bonchev–Trinajstić information content (AvgIpc) is 2.67. The largest absolute Gasteiger partial charge is 0.465 e. The van der Waals surface area contributed by atoms with Gasteiger partial charge in [-0.3, -0.25) is 4.79 Å². The minimum Gasteiger partial charge on any atom is -0.465 e. The summed E-state index contributed by atoms with van der Waals surface area (Å²) in [5.41, 5.74) is 0. The van der Waals surface area contributed by atoms with Crippen LogP contribution in [0.2, 0.25) is 0 Å². The summed E-state index contributed by atoms with van der Waals surface area (Å²) >= 11 is 0. The van der Waals surface area contributed by atoms with Crippen molar-refractivity contribution in [3.8, 4) is 0 Å². The molecule has 1 fully saturated rings. The Morgan fingerprint density at radius 3 is 2.53 bits per heavy atom. The Labute approximate surface area is 89.4 Å². The maximum atomic E-state index is 11.4. The third-order valence-corrected chi connectivity index (χ3v) is 2.89. The lowest BCUT2D eigenvalue weighted by molar-refractivity contribution is -0.116. The van der Waals surface area contributed by atoms with Crippen LogP contribution in [-0.2, 0) is 4.79 Å². The van der Waals surface area contributed by atoms with Gasteiger partial charge in [0, 0.05) is 0 Å². The Balaban J connectivity index is 2.50. The van der Waals surface area contributed by atoms with Crippen molar-refractivity contribution in [3.63, 3.8) is 0 Å². The van der Waals surface area contributed by atoms with Crippen LogP contribution >= 0.6 is 0 Å². The van der Waals surface area contributed by atoms with E-state index in [2.05, 4.69) is 11.9 Å². The summed E-state index contributed by atoms with van der Waals surface area (Å²) in [7, 11) is 0. The van der Waals surface area contributed by atoms with Gasteiger partial charge in [0.1, 0.15) is 0 Å². The van der Waals surface area contributed by atoms with Crippen molar-refractivity contribution in [1.29, 1.82) is 0 Å². The van der Waals surface area contributed by atoms with Crippen LogP contribution in [-0.4, -0.2) is 23.0 Å². The van der Waals surface area contributed by atoms with Gasteiger partial charge in [-0.25, -0.2) is 4.79 Å². The number of carboxylic acid groups (broad SMARTS) is 1. The molecule has 0 aliphatic heterocycles. The van der Waals surface area contributed by atoms with Gasteiger partial charge in [0.15, 0.2) is 5.78 Å². The van der Waals surface area contributed by atoms with Gasteiger partial charge in [-0.2, -0.15) is 0 Å². The summed E-state index contributed by atoms with van der Waals surface area (Å²) in [6, 6.07) is -0.608. The molecule has 1 atom stereocenters. The minimum absolute atomic E-state index is 0.232. The van der Waals surface area contributed by atoms with Gasteiger partial charge in [0.2, 0.25) is 0 Å². The van der Waals surface area contributed by atoms with Crippen molar-refractivity contribution in [3.05, 3.63) is 12.7 Å². The first-order chi connectivity index (χ1) is 7.13. The topological polar surface area (TPSA) is 66.4 Å². The number of hydrogen-bond donors (Lipinski definition) is 2. The molecule has 1 unspecified atom stereocenters. The summed E-state index contributed by atoms with van der Waals surface area (Å²) < 4.78 is 0. The maximum Gasteiger partial charge on any atom is 0.405 e. The van der Waals surface area contributed by atoms with Gasteiger partial charge >= 0.3 is 6.09 Å². The van der Waals surface area contributed by atoms with E-state index in [-0.39, 0.29) is 5.78 Å². The molecular weight excluding hydrogens is 194 g/mol. The van der Waals surface area contributed by atoms with Crippen molar-refractivity contribution in [2.45, 2.75) is 38.1 Å². The predicted octanol–water partition coefficient (Wildman–Crippen LogP) is 1.96. The molecule has 15 heavy (non-hydrogen) atoms. The number of rotatable bonds is 5. The lowest BCUT2D eigenvalue weighted by atomic mass is 9.96. The van der Waals surface area contributed by atoms with E-state index in [4.69, 9.17) is 5.11 Å². The molecule has 0 radical (unpaired) electrons. The van der Waals surface area contributed by atoms with E-state index in [1.54, 1.807) is 0 Å². The highest BCUT2D eigenvalue weighted by molar-refractivity contribution is 5.95. The van der Waals surface area contributed by atoms with Crippen LogP contribution in [0, 0.1) is 5.92 Å². The molecular formula is C11H17NO3. The van der Waals surface area contributed by atoms with Gasteiger partial charge < -0.3 is 10.4 Å².